The number of hydrogen-bond donors (Lipinski definition) is 3. The van der Waals surface area contributed by atoms with Crippen LogP contribution in [0.1, 0.15) is 36.7 Å². The molecule has 3 saturated heterocycles. The Hall–Kier alpha value is -1.99. The second kappa shape index (κ2) is 8.63. The van der Waals surface area contributed by atoms with Crippen molar-refractivity contribution in [1.82, 2.24) is 25.7 Å². The van der Waals surface area contributed by atoms with E-state index in [2.05, 4.69) is 15.5 Å². The molecule has 0 unspecified atom stereocenters. The van der Waals surface area contributed by atoms with Gasteiger partial charge in [0.2, 0.25) is 0 Å². The van der Waals surface area contributed by atoms with E-state index in [4.69, 9.17) is 0 Å². The topological polar surface area (TPSA) is 90.1 Å². The molecule has 3 fully saturated rings. The fourth-order valence-corrected chi connectivity index (χ4v) is 5.93. The maximum absolute atomic E-state index is 14.9. The van der Waals surface area contributed by atoms with Crippen LogP contribution in [0.4, 0.5) is 13.6 Å². The van der Waals surface area contributed by atoms with Gasteiger partial charge in [-0.05, 0) is 0 Å². The van der Waals surface area contributed by atoms with Gasteiger partial charge in [-0.1, -0.05) is 0 Å². The van der Waals surface area contributed by atoms with Gasteiger partial charge in [-0.2, -0.15) is 0 Å². The van der Waals surface area contributed by atoms with E-state index >= 15 is 0 Å². The maximum atomic E-state index is 14.9. The number of alkyl halides is 2. The molecule has 1 radical (unpaired) electrons. The summed E-state index contributed by atoms with van der Waals surface area (Å²) in [7, 11) is 0. The van der Waals surface area contributed by atoms with Gasteiger partial charge in [-0.15, -0.1) is 0 Å². The average molecular weight is 480 g/mol. The number of piperidine rings is 3. The Balaban J connectivity index is 1.46. The van der Waals surface area contributed by atoms with E-state index < -0.39 is 33.6 Å². The molecule has 5 rings (SSSR count). The normalized spacial score (nSPS) is 23.9. The van der Waals surface area contributed by atoms with E-state index in [9.17, 15) is 18.4 Å². The summed E-state index contributed by atoms with van der Waals surface area (Å²) in [6.07, 6.45) is 2.37. The SMILES string of the molecule is CCCNC(=O)[As]c1ccc2c(C(=O)NC(F)(F)[C@@H]3CN4CCC3CC4)n[nH]c2c1. The summed E-state index contributed by atoms with van der Waals surface area (Å²) in [6.45, 7) is 4.65. The third kappa shape index (κ3) is 4.37. The molecule has 3 aliphatic rings. The number of H-pyrrole nitrogens is 1. The van der Waals surface area contributed by atoms with Crippen LogP contribution in [0.2, 0.25) is 0 Å². The molecule has 161 valence electrons. The number of carbonyl (C=O) groups excluding carboxylic acids is 2. The van der Waals surface area contributed by atoms with Gasteiger partial charge in [-0.3, -0.25) is 0 Å². The van der Waals surface area contributed by atoms with Gasteiger partial charge in [0.15, 0.2) is 0 Å². The van der Waals surface area contributed by atoms with Crippen LogP contribution in [0.15, 0.2) is 18.2 Å². The summed E-state index contributed by atoms with van der Waals surface area (Å²) in [6, 6.07) is 1.90. The van der Waals surface area contributed by atoms with Crippen molar-refractivity contribution in [3.8, 4) is 0 Å². The molecule has 2 bridgehead atoms. The van der Waals surface area contributed by atoms with Gasteiger partial charge in [0.25, 0.3) is 0 Å². The van der Waals surface area contributed by atoms with Crippen LogP contribution in [0.25, 0.3) is 10.9 Å². The van der Waals surface area contributed by atoms with E-state index in [0.717, 1.165) is 36.7 Å². The van der Waals surface area contributed by atoms with Gasteiger partial charge in [-0.25, -0.2) is 0 Å². The molecule has 0 aliphatic carbocycles. The first-order valence-corrected chi connectivity index (χ1v) is 12.2. The van der Waals surface area contributed by atoms with Crippen LogP contribution in [0, 0.1) is 11.8 Å². The number of benzene rings is 1. The molecular formula is C20H25AsF2N5O2. The second-order valence-electron chi connectivity index (χ2n) is 7.97. The summed E-state index contributed by atoms with van der Waals surface area (Å²) in [4.78, 5) is 26.6. The van der Waals surface area contributed by atoms with Crippen molar-refractivity contribution < 1.29 is 18.4 Å². The summed E-state index contributed by atoms with van der Waals surface area (Å²) < 4.78 is 30.6. The molecule has 10 heteroatoms. The van der Waals surface area contributed by atoms with E-state index in [1.165, 1.54) is 0 Å². The van der Waals surface area contributed by atoms with Crippen LogP contribution < -0.4 is 15.0 Å². The van der Waals surface area contributed by atoms with Crippen molar-refractivity contribution in [3.63, 3.8) is 0 Å². The minimum atomic E-state index is -3.28. The molecule has 3 aliphatic heterocycles. The zero-order chi connectivity index (χ0) is 21.3. The van der Waals surface area contributed by atoms with Crippen molar-refractivity contribution in [1.29, 1.82) is 0 Å². The number of rotatable bonds is 7. The summed E-state index contributed by atoms with van der Waals surface area (Å²) >= 11 is -0.727. The molecule has 7 nitrogen and oxygen atoms in total. The summed E-state index contributed by atoms with van der Waals surface area (Å²) in [5.74, 6) is -1.82. The molecule has 1 aromatic carbocycles. The van der Waals surface area contributed by atoms with Crippen molar-refractivity contribution >= 4 is 41.6 Å². The standard InChI is InChI=1S/C20H25AsF2N5O2/c1-2-7-24-19(30)21-13-3-4-14-16(10-13)26-27-17(14)18(29)25-20(22,23)15-11-28-8-5-12(15)6-9-28/h3-4,10,12,15H,2,5-9,11H2,1H3,(H,24,30)(H,25,29)(H,26,27)/t15-/m1/s1. The molecule has 1 atom stereocenters. The minimum absolute atomic E-state index is 0.00194. The van der Waals surface area contributed by atoms with Crippen molar-refractivity contribution in [2.45, 2.75) is 32.2 Å². The number of aromatic nitrogens is 2. The average Bonchev–Trinajstić information content (AvgIpc) is 3.16. The Morgan fingerprint density at radius 2 is 2.10 bits per heavy atom. The van der Waals surface area contributed by atoms with E-state index in [1.54, 1.807) is 18.2 Å². The van der Waals surface area contributed by atoms with E-state index in [-0.39, 0.29) is 16.3 Å². The molecular weight excluding hydrogens is 455 g/mol. The number of amides is 2. The molecule has 2 aromatic rings. The zero-order valence-electron chi connectivity index (χ0n) is 16.8. The molecule has 3 N–H and O–H groups in total. The van der Waals surface area contributed by atoms with Gasteiger partial charge in [0.1, 0.15) is 0 Å². The quantitative estimate of drug-likeness (QED) is 0.416. The third-order valence-electron chi connectivity index (χ3n) is 5.92. The molecule has 2 amide bonds. The fourth-order valence-electron chi connectivity index (χ4n) is 4.32. The number of fused-ring (bicyclic) bond motifs is 4. The predicted molar refractivity (Wildman–Crippen MR) is 110 cm³/mol. The number of hydrogen-bond acceptors (Lipinski definition) is 4. The fraction of sp³-hybridized carbons (Fsp3) is 0.550. The van der Waals surface area contributed by atoms with Crippen molar-refractivity contribution in [3.05, 3.63) is 23.9 Å². The number of nitrogens with one attached hydrogen (secondary N) is 3. The Morgan fingerprint density at radius 1 is 1.33 bits per heavy atom. The summed E-state index contributed by atoms with van der Waals surface area (Å²) in [5, 5.41) is 12.0. The first-order valence-electron chi connectivity index (χ1n) is 10.3. The van der Waals surface area contributed by atoms with Gasteiger partial charge in [0, 0.05) is 0 Å². The van der Waals surface area contributed by atoms with Crippen LogP contribution in [0.5, 0.6) is 0 Å². The van der Waals surface area contributed by atoms with E-state index in [1.807, 2.05) is 17.1 Å². The summed E-state index contributed by atoms with van der Waals surface area (Å²) in [5.41, 5.74) is 0.506. The molecule has 4 heterocycles. The van der Waals surface area contributed by atoms with Crippen molar-refractivity contribution in [2.24, 2.45) is 11.8 Å². The Labute approximate surface area is 180 Å². The Bertz CT molecular complexity index is 942. The van der Waals surface area contributed by atoms with Gasteiger partial charge >= 0.3 is 180 Å². The van der Waals surface area contributed by atoms with Crippen molar-refractivity contribution in [2.75, 3.05) is 26.2 Å². The molecule has 30 heavy (non-hydrogen) atoms. The first kappa shape index (κ1) is 21.2. The number of aromatic amines is 1. The Kier molecular flexibility index (Phi) is 6.11. The monoisotopic (exact) mass is 480 g/mol. The Morgan fingerprint density at radius 3 is 2.77 bits per heavy atom. The zero-order valence-corrected chi connectivity index (χ0v) is 18.6. The van der Waals surface area contributed by atoms with Crippen LogP contribution in [-0.4, -0.2) is 73.7 Å². The van der Waals surface area contributed by atoms with Crippen LogP contribution in [-0.2, 0) is 0 Å². The number of halogens is 2. The van der Waals surface area contributed by atoms with Crippen LogP contribution >= 0.6 is 0 Å². The first-order chi connectivity index (χ1) is 14.4. The van der Waals surface area contributed by atoms with Crippen LogP contribution in [0.3, 0.4) is 0 Å². The number of nitrogens with zero attached hydrogens (tertiary/aromatic N) is 2. The van der Waals surface area contributed by atoms with Gasteiger partial charge in [0.05, 0.1) is 0 Å². The molecule has 0 spiro atoms. The van der Waals surface area contributed by atoms with E-state index in [0.29, 0.717) is 24.0 Å². The molecule has 1 aromatic heterocycles. The number of carbonyl (C=O) groups is 2. The third-order valence-corrected chi connectivity index (χ3v) is 7.80. The molecule has 0 saturated carbocycles. The van der Waals surface area contributed by atoms with Gasteiger partial charge < -0.3 is 0 Å². The predicted octanol–water partition coefficient (Wildman–Crippen LogP) is 1.68. The second-order valence-corrected chi connectivity index (χ2v) is 10.4.